The first kappa shape index (κ1) is 12.9. The molecule has 3 heteroatoms. The highest BCUT2D eigenvalue weighted by atomic mass is 16.3. The Bertz CT molecular complexity index is 609. The number of carbonyl (C=O) groups is 1. The zero-order chi connectivity index (χ0) is 13.9. The molecule has 2 aromatic rings. The minimum Gasteiger partial charge on any atom is -0.373 e. The second kappa shape index (κ2) is 5.47. The fourth-order valence-electron chi connectivity index (χ4n) is 2.61. The van der Waals surface area contributed by atoms with E-state index in [4.69, 9.17) is 0 Å². The van der Waals surface area contributed by atoms with E-state index in [9.17, 15) is 9.90 Å². The van der Waals surface area contributed by atoms with E-state index in [1.807, 2.05) is 54.6 Å². The lowest BCUT2D eigenvalue weighted by Gasteiger charge is -2.22. The van der Waals surface area contributed by atoms with Crippen molar-refractivity contribution in [3.8, 4) is 0 Å². The summed E-state index contributed by atoms with van der Waals surface area (Å²) in [6.07, 6.45) is 0.599. The van der Waals surface area contributed by atoms with E-state index < -0.39 is 6.23 Å². The highest BCUT2D eigenvalue weighted by Gasteiger charge is 2.30. The Morgan fingerprint density at radius 3 is 2.50 bits per heavy atom. The summed E-state index contributed by atoms with van der Waals surface area (Å²) in [4.78, 5) is 13.8. The normalized spacial score (nSPS) is 15.2. The Labute approximate surface area is 118 Å². The van der Waals surface area contributed by atoms with Crippen LogP contribution in [0.25, 0.3) is 0 Å². The van der Waals surface area contributed by atoms with E-state index in [1.165, 1.54) is 5.56 Å². The molecule has 20 heavy (non-hydrogen) atoms. The number of carbonyl (C=O) groups excluding carboxylic acids is 1. The summed E-state index contributed by atoms with van der Waals surface area (Å²) in [6, 6.07) is 17.6. The Hall–Kier alpha value is -2.13. The molecule has 1 N–H and O–H groups in total. The van der Waals surface area contributed by atoms with Crippen molar-refractivity contribution in [2.45, 2.75) is 25.6 Å². The smallest absolute Gasteiger partial charge is 0.256 e. The Morgan fingerprint density at radius 1 is 1.05 bits per heavy atom. The van der Waals surface area contributed by atoms with Crippen LogP contribution in [-0.2, 0) is 13.0 Å². The predicted molar refractivity (Wildman–Crippen MR) is 77.1 cm³/mol. The number of aryl methyl sites for hydroxylation is 1. The van der Waals surface area contributed by atoms with Crippen molar-refractivity contribution in [2.75, 3.05) is 0 Å². The summed E-state index contributed by atoms with van der Waals surface area (Å²) in [6.45, 7) is 0.505. The third-order valence-corrected chi connectivity index (χ3v) is 3.74. The molecule has 1 heterocycles. The fourth-order valence-corrected chi connectivity index (χ4v) is 2.61. The second-order valence-corrected chi connectivity index (χ2v) is 5.10. The van der Waals surface area contributed by atoms with Crippen molar-refractivity contribution in [1.82, 2.24) is 4.90 Å². The average Bonchev–Trinajstić information content (AvgIpc) is 2.84. The van der Waals surface area contributed by atoms with Crippen LogP contribution in [0.2, 0.25) is 0 Å². The van der Waals surface area contributed by atoms with Gasteiger partial charge in [-0.05, 0) is 30.0 Å². The molecule has 102 valence electrons. The van der Waals surface area contributed by atoms with Gasteiger partial charge < -0.3 is 10.0 Å². The SMILES string of the molecule is O=C1c2ccccc2CN1C(O)CCc1ccccc1. The van der Waals surface area contributed by atoms with E-state index in [0.717, 1.165) is 12.0 Å². The quantitative estimate of drug-likeness (QED) is 0.925. The van der Waals surface area contributed by atoms with E-state index >= 15 is 0 Å². The number of amides is 1. The summed E-state index contributed by atoms with van der Waals surface area (Å²) in [5.41, 5.74) is 2.89. The first-order chi connectivity index (χ1) is 9.75. The first-order valence-corrected chi connectivity index (χ1v) is 6.86. The van der Waals surface area contributed by atoms with Gasteiger partial charge in [0.05, 0.1) is 0 Å². The summed E-state index contributed by atoms with van der Waals surface area (Å²) in [5, 5.41) is 10.3. The van der Waals surface area contributed by atoms with Crippen LogP contribution in [0, 0.1) is 0 Å². The van der Waals surface area contributed by atoms with Gasteiger partial charge in [0.2, 0.25) is 0 Å². The average molecular weight is 267 g/mol. The fraction of sp³-hybridized carbons (Fsp3) is 0.235. The Morgan fingerprint density at radius 2 is 1.75 bits per heavy atom. The number of hydrogen-bond acceptors (Lipinski definition) is 2. The largest absolute Gasteiger partial charge is 0.373 e. The first-order valence-electron chi connectivity index (χ1n) is 6.86. The molecule has 1 unspecified atom stereocenters. The van der Waals surface area contributed by atoms with Gasteiger partial charge in [-0.1, -0.05) is 48.5 Å². The molecule has 1 amide bonds. The molecule has 0 saturated heterocycles. The minimum atomic E-state index is -0.727. The topological polar surface area (TPSA) is 40.5 Å². The highest BCUT2D eigenvalue weighted by molar-refractivity contribution is 5.98. The van der Waals surface area contributed by atoms with E-state index in [-0.39, 0.29) is 5.91 Å². The minimum absolute atomic E-state index is 0.0684. The summed E-state index contributed by atoms with van der Waals surface area (Å²) >= 11 is 0. The van der Waals surface area contributed by atoms with Gasteiger partial charge in [-0.25, -0.2) is 0 Å². The van der Waals surface area contributed by atoms with Crippen molar-refractivity contribution in [2.24, 2.45) is 0 Å². The van der Waals surface area contributed by atoms with Gasteiger partial charge in [-0.2, -0.15) is 0 Å². The number of aliphatic hydroxyl groups is 1. The van der Waals surface area contributed by atoms with Crippen molar-refractivity contribution in [3.63, 3.8) is 0 Å². The third-order valence-electron chi connectivity index (χ3n) is 3.74. The lowest BCUT2D eigenvalue weighted by atomic mass is 10.1. The van der Waals surface area contributed by atoms with Crippen LogP contribution in [0.5, 0.6) is 0 Å². The van der Waals surface area contributed by atoms with Crippen LogP contribution in [0.1, 0.15) is 27.9 Å². The zero-order valence-corrected chi connectivity index (χ0v) is 11.2. The molecule has 1 atom stereocenters. The predicted octanol–water partition coefficient (Wildman–Crippen LogP) is 2.59. The number of aliphatic hydroxyl groups excluding tert-OH is 1. The van der Waals surface area contributed by atoms with Crippen LogP contribution in [-0.4, -0.2) is 22.1 Å². The third kappa shape index (κ3) is 2.45. The Kier molecular flexibility index (Phi) is 3.52. The van der Waals surface area contributed by atoms with E-state index in [2.05, 4.69) is 0 Å². The van der Waals surface area contributed by atoms with Crippen molar-refractivity contribution in [3.05, 3.63) is 71.3 Å². The highest BCUT2D eigenvalue weighted by Crippen LogP contribution is 2.24. The van der Waals surface area contributed by atoms with Gasteiger partial charge in [-0.3, -0.25) is 4.79 Å². The number of benzene rings is 2. The zero-order valence-electron chi connectivity index (χ0n) is 11.2. The molecule has 3 nitrogen and oxygen atoms in total. The number of rotatable bonds is 4. The number of fused-ring (bicyclic) bond motifs is 1. The molecule has 0 saturated carbocycles. The van der Waals surface area contributed by atoms with Crippen LogP contribution in [0.4, 0.5) is 0 Å². The molecule has 0 spiro atoms. The molecule has 0 bridgehead atoms. The van der Waals surface area contributed by atoms with Crippen molar-refractivity contribution < 1.29 is 9.90 Å². The second-order valence-electron chi connectivity index (χ2n) is 5.10. The molecule has 2 aromatic carbocycles. The summed E-state index contributed by atoms with van der Waals surface area (Å²) in [5.74, 6) is -0.0684. The molecule has 3 rings (SSSR count). The van der Waals surface area contributed by atoms with Crippen molar-refractivity contribution >= 4 is 5.91 Å². The van der Waals surface area contributed by atoms with Crippen LogP contribution >= 0.6 is 0 Å². The van der Waals surface area contributed by atoms with Crippen molar-refractivity contribution in [1.29, 1.82) is 0 Å². The maximum absolute atomic E-state index is 12.2. The van der Waals surface area contributed by atoms with Gasteiger partial charge in [-0.15, -0.1) is 0 Å². The standard InChI is InChI=1S/C17H17NO2/c19-16(11-10-13-6-2-1-3-7-13)18-12-14-8-4-5-9-15(14)17(18)20/h1-9,16,19H,10-12H2. The molecular formula is C17H17NO2. The van der Waals surface area contributed by atoms with Gasteiger partial charge >= 0.3 is 0 Å². The van der Waals surface area contributed by atoms with Crippen LogP contribution < -0.4 is 0 Å². The number of nitrogens with zero attached hydrogens (tertiary/aromatic N) is 1. The maximum atomic E-state index is 12.2. The molecule has 0 fully saturated rings. The molecule has 0 radical (unpaired) electrons. The van der Waals surface area contributed by atoms with E-state index in [1.54, 1.807) is 4.90 Å². The number of hydrogen-bond donors (Lipinski definition) is 1. The summed E-state index contributed by atoms with van der Waals surface area (Å²) in [7, 11) is 0. The van der Waals surface area contributed by atoms with Gasteiger partial charge in [0.1, 0.15) is 6.23 Å². The summed E-state index contributed by atoms with van der Waals surface area (Å²) < 4.78 is 0. The van der Waals surface area contributed by atoms with Gasteiger partial charge in [0, 0.05) is 12.1 Å². The molecular weight excluding hydrogens is 250 g/mol. The lowest BCUT2D eigenvalue weighted by molar-refractivity contribution is 0.00490. The van der Waals surface area contributed by atoms with Crippen LogP contribution in [0.15, 0.2) is 54.6 Å². The maximum Gasteiger partial charge on any atom is 0.256 e. The van der Waals surface area contributed by atoms with Gasteiger partial charge in [0.15, 0.2) is 0 Å². The van der Waals surface area contributed by atoms with Crippen LogP contribution in [0.3, 0.4) is 0 Å². The lowest BCUT2D eigenvalue weighted by Crippen LogP contribution is -2.35. The van der Waals surface area contributed by atoms with E-state index in [0.29, 0.717) is 18.5 Å². The Balaban J connectivity index is 1.65. The molecule has 1 aliphatic heterocycles. The molecule has 0 aliphatic carbocycles. The molecule has 0 aromatic heterocycles. The van der Waals surface area contributed by atoms with Gasteiger partial charge in [0.25, 0.3) is 5.91 Å². The monoisotopic (exact) mass is 267 g/mol. The molecule has 1 aliphatic rings.